The minimum Gasteiger partial charge on any atom is -0.459 e. The summed E-state index contributed by atoms with van der Waals surface area (Å²) in [5.74, 6) is -0.482. The van der Waals surface area contributed by atoms with Crippen molar-refractivity contribution in [3.63, 3.8) is 0 Å². The molecule has 1 fully saturated rings. The molecular formula is C17H16ClN5O5. The van der Waals surface area contributed by atoms with Crippen molar-refractivity contribution in [2.24, 2.45) is 0 Å². The fraction of sp³-hybridized carbons (Fsp3) is 0.294. The predicted molar refractivity (Wildman–Crippen MR) is 97.4 cm³/mol. The van der Waals surface area contributed by atoms with Crippen molar-refractivity contribution in [1.29, 1.82) is 0 Å². The highest BCUT2D eigenvalue weighted by Crippen LogP contribution is 2.32. The number of ether oxygens (including phenoxy) is 2. The van der Waals surface area contributed by atoms with Gasteiger partial charge >= 0.3 is 5.97 Å². The Morgan fingerprint density at radius 3 is 2.75 bits per heavy atom. The number of aliphatic hydroxyl groups is 2. The maximum absolute atomic E-state index is 12.1. The molecule has 0 aliphatic carbocycles. The van der Waals surface area contributed by atoms with Crippen molar-refractivity contribution in [2.75, 3.05) is 12.3 Å². The summed E-state index contributed by atoms with van der Waals surface area (Å²) in [5, 5.41) is 20.6. The van der Waals surface area contributed by atoms with Crippen LogP contribution in [0.3, 0.4) is 0 Å². The fourth-order valence-corrected chi connectivity index (χ4v) is 3.18. The number of rotatable bonds is 4. The fourth-order valence-electron chi connectivity index (χ4n) is 3.01. The van der Waals surface area contributed by atoms with Crippen molar-refractivity contribution < 1.29 is 24.5 Å². The Bertz CT molecular complexity index is 1010. The van der Waals surface area contributed by atoms with Gasteiger partial charge in [0.15, 0.2) is 17.7 Å². The zero-order valence-corrected chi connectivity index (χ0v) is 15.1. The predicted octanol–water partition coefficient (Wildman–Crippen LogP) is 0.538. The Morgan fingerprint density at radius 1 is 1.25 bits per heavy atom. The van der Waals surface area contributed by atoms with Crippen LogP contribution in [0.25, 0.3) is 11.2 Å². The van der Waals surface area contributed by atoms with Crippen LogP contribution in [0.2, 0.25) is 5.28 Å². The van der Waals surface area contributed by atoms with Gasteiger partial charge in [0.2, 0.25) is 5.28 Å². The Labute approximate surface area is 163 Å². The largest absolute Gasteiger partial charge is 0.459 e. The van der Waals surface area contributed by atoms with Crippen molar-refractivity contribution in [3.05, 3.63) is 47.5 Å². The summed E-state index contributed by atoms with van der Waals surface area (Å²) >= 11 is 5.84. The lowest BCUT2D eigenvalue weighted by Crippen LogP contribution is -2.34. The minimum atomic E-state index is -1.31. The number of aliphatic hydroxyl groups excluding tert-OH is 2. The third kappa shape index (κ3) is 3.27. The minimum absolute atomic E-state index is 0.0788. The molecule has 146 valence electrons. The van der Waals surface area contributed by atoms with Gasteiger partial charge in [-0.3, -0.25) is 4.57 Å². The number of carbonyl (C=O) groups is 1. The van der Waals surface area contributed by atoms with Crippen molar-refractivity contribution in [2.45, 2.75) is 24.5 Å². The number of hydrogen-bond donors (Lipinski definition) is 3. The molecule has 28 heavy (non-hydrogen) atoms. The van der Waals surface area contributed by atoms with Gasteiger partial charge in [-0.2, -0.15) is 9.97 Å². The summed E-state index contributed by atoms with van der Waals surface area (Å²) in [6, 6.07) is 8.41. The number of halogens is 1. The molecule has 1 saturated heterocycles. The highest BCUT2D eigenvalue weighted by atomic mass is 35.5. The number of carbonyl (C=O) groups excluding carboxylic acids is 1. The van der Waals surface area contributed by atoms with E-state index in [1.165, 1.54) is 10.9 Å². The monoisotopic (exact) mass is 405 g/mol. The SMILES string of the molecule is Nc1nc(Cl)nc2c1ncn2[C@@H]1O[C@H](COC(=O)c2ccccc2)C(O)C1O. The molecule has 10 nitrogen and oxygen atoms in total. The van der Waals surface area contributed by atoms with E-state index in [1.807, 2.05) is 0 Å². The molecule has 2 aromatic heterocycles. The summed E-state index contributed by atoms with van der Waals surface area (Å²) in [5.41, 5.74) is 6.67. The highest BCUT2D eigenvalue weighted by Gasteiger charge is 2.45. The number of benzene rings is 1. The zero-order chi connectivity index (χ0) is 19.8. The summed E-state index contributed by atoms with van der Waals surface area (Å²) in [6.07, 6.45) is -3.22. The van der Waals surface area contributed by atoms with E-state index in [1.54, 1.807) is 30.3 Å². The number of anilines is 1. The lowest BCUT2D eigenvalue weighted by molar-refractivity contribution is -0.0565. The standard InChI is InChI=1S/C17H16ClN5O5/c18-17-21-13(19)10-14(22-17)23(7-20-10)15-12(25)11(24)9(28-15)6-27-16(26)8-4-2-1-3-5-8/h1-5,7,9,11-12,15,24-25H,6H2,(H2,19,21,22)/t9-,11?,12?,15-/m1/s1. The maximum atomic E-state index is 12.1. The Hall–Kier alpha value is -2.79. The highest BCUT2D eigenvalue weighted by molar-refractivity contribution is 6.28. The van der Waals surface area contributed by atoms with E-state index in [9.17, 15) is 15.0 Å². The van der Waals surface area contributed by atoms with Crippen molar-refractivity contribution in [1.82, 2.24) is 19.5 Å². The number of nitrogen functional groups attached to an aromatic ring is 1. The van der Waals surface area contributed by atoms with Crippen LogP contribution in [0.5, 0.6) is 0 Å². The van der Waals surface area contributed by atoms with E-state index in [-0.39, 0.29) is 28.9 Å². The number of nitrogens with zero attached hydrogens (tertiary/aromatic N) is 4. The molecule has 11 heteroatoms. The van der Waals surface area contributed by atoms with Gasteiger partial charge in [0, 0.05) is 0 Å². The molecule has 1 aromatic carbocycles. The van der Waals surface area contributed by atoms with E-state index in [0.717, 1.165) is 0 Å². The molecule has 3 aromatic rings. The van der Waals surface area contributed by atoms with Crippen LogP contribution in [0.15, 0.2) is 36.7 Å². The number of aromatic nitrogens is 4. The van der Waals surface area contributed by atoms with Crippen LogP contribution in [0, 0.1) is 0 Å². The topological polar surface area (TPSA) is 146 Å². The first-order chi connectivity index (χ1) is 13.5. The Morgan fingerprint density at radius 2 is 2.00 bits per heavy atom. The van der Waals surface area contributed by atoms with Crippen LogP contribution in [0.4, 0.5) is 5.82 Å². The molecule has 0 bridgehead atoms. The molecule has 2 unspecified atom stereocenters. The average molecular weight is 406 g/mol. The third-order valence-corrected chi connectivity index (χ3v) is 4.59. The quantitative estimate of drug-likeness (QED) is 0.418. The van der Waals surface area contributed by atoms with Crippen LogP contribution in [-0.2, 0) is 9.47 Å². The van der Waals surface area contributed by atoms with E-state index < -0.39 is 30.5 Å². The molecule has 4 atom stereocenters. The van der Waals surface area contributed by atoms with Crippen molar-refractivity contribution in [3.8, 4) is 0 Å². The van der Waals surface area contributed by atoms with E-state index >= 15 is 0 Å². The molecule has 0 radical (unpaired) electrons. The number of imidazole rings is 1. The van der Waals surface area contributed by atoms with Gasteiger partial charge in [0.1, 0.15) is 30.4 Å². The lowest BCUT2D eigenvalue weighted by atomic mass is 10.1. The Kier molecular flexibility index (Phi) is 4.85. The number of nitrogens with two attached hydrogens (primary N) is 1. The average Bonchev–Trinajstić information content (AvgIpc) is 3.22. The van der Waals surface area contributed by atoms with Crippen LogP contribution in [-0.4, -0.2) is 60.6 Å². The number of hydrogen-bond acceptors (Lipinski definition) is 9. The van der Waals surface area contributed by atoms with Gasteiger partial charge in [0.25, 0.3) is 0 Å². The summed E-state index contributed by atoms with van der Waals surface area (Å²) in [7, 11) is 0. The van der Waals surface area contributed by atoms with Gasteiger partial charge in [-0.05, 0) is 23.7 Å². The van der Waals surface area contributed by atoms with Gasteiger partial charge in [-0.25, -0.2) is 9.78 Å². The van der Waals surface area contributed by atoms with E-state index in [0.29, 0.717) is 5.56 Å². The third-order valence-electron chi connectivity index (χ3n) is 4.42. The van der Waals surface area contributed by atoms with E-state index in [4.69, 9.17) is 26.8 Å². The van der Waals surface area contributed by atoms with Crippen LogP contribution < -0.4 is 5.73 Å². The number of esters is 1. The second-order valence-electron chi connectivity index (χ2n) is 6.21. The molecular weight excluding hydrogens is 390 g/mol. The molecule has 4 N–H and O–H groups in total. The van der Waals surface area contributed by atoms with Gasteiger partial charge in [-0.1, -0.05) is 18.2 Å². The van der Waals surface area contributed by atoms with E-state index in [2.05, 4.69) is 15.0 Å². The first kappa shape index (κ1) is 18.6. The molecule has 0 saturated carbocycles. The maximum Gasteiger partial charge on any atom is 0.338 e. The molecule has 1 aliphatic rings. The number of fused-ring (bicyclic) bond motifs is 1. The van der Waals surface area contributed by atoms with Gasteiger partial charge in [0.05, 0.1) is 11.9 Å². The first-order valence-electron chi connectivity index (χ1n) is 8.35. The molecule has 0 amide bonds. The molecule has 1 aliphatic heterocycles. The van der Waals surface area contributed by atoms with Gasteiger partial charge in [-0.15, -0.1) is 0 Å². The lowest BCUT2D eigenvalue weighted by Gasteiger charge is -2.16. The zero-order valence-electron chi connectivity index (χ0n) is 14.3. The van der Waals surface area contributed by atoms with Gasteiger partial charge < -0.3 is 25.4 Å². The normalized spacial score (nSPS) is 24.5. The summed E-state index contributed by atoms with van der Waals surface area (Å²) in [4.78, 5) is 24.0. The van der Waals surface area contributed by atoms with Crippen molar-refractivity contribution >= 4 is 34.6 Å². The summed E-state index contributed by atoms with van der Waals surface area (Å²) in [6.45, 7) is -0.243. The second-order valence-corrected chi connectivity index (χ2v) is 6.55. The molecule has 3 heterocycles. The molecule has 4 rings (SSSR count). The first-order valence-corrected chi connectivity index (χ1v) is 8.73. The second kappa shape index (κ2) is 7.32. The van der Waals surface area contributed by atoms with Crippen LogP contribution in [0.1, 0.15) is 16.6 Å². The smallest absolute Gasteiger partial charge is 0.338 e. The Balaban J connectivity index is 1.51. The van der Waals surface area contributed by atoms with Crippen LogP contribution >= 0.6 is 11.6 Å². The molecule has 0 spiro atoms. The summed E-state index contributed by atoms with van der Waals surface area (Å²) < 4.78 is 12.3.